The van der Waals surface area contributed by atoms with Crippen molar-refractivity contribution in [2.24, 2.45) is 23.1 Å². The molecule has 0 saturated carbocycles. The number of aromatic amines is 1. The van der Waals surface area contributed by atoms with Crippen LogP contribution < -0.4 is 59.7 Å². The minimum absolute atomic E-state index is 0.0366. The number of carbonyl (C=O) groups excluding carboxylic acids is 8. The zero-order valence-electron chi connectivity index (χ0n) is 39.3. The largest absolute Gasteiger partial charge is 0.481 e. The van der Waals surface area contributed by atoms with Crippen molar-refractivity contribution >= 4 is 81.9 Å². The van der Waals surface area contributed by atoms with E-state index >= 15 is 0 Å². The summed E-state index contributed by atoms with van der Waals surface area (Å²) in [5.41, 5.74) is 19.1. The van der Waals surface area contributed by atoms with Crippen LogP contribution in [0.15, 0.2) is 24.4 Å². The van der Waals surface area contributed by atoms with Gasteiger partial charge in [0.05, 0.1) is 25.6 Å². The lowest BCUT2D eigenvalue weighted by atomic mass is 9.85. The van der Waals surface area contributed by atoms with Gasteiger partial charge in [-0.2, -0.15) is 11.8 Å². The highest BCUT2D eigenvalue weighted by Crippen LogP contribution is 2.33. The van der Waals surface area contributed by atoms with E-state index in [1.807, 2.05) is 0 Å². The van der Waals surface area contributed by atoms with Crippen LogP contribution in [0.25, 0.3) is 10.9 Å². The van der Waals surface area contributed by atoms with Gasteiger partial charge in [0, 0.05) is 29.4 Å². The molecule has 3 rings (SSSR count). The molecule has 2 heterocycles. The maximum absolute atomic E-state index is 14.5. The normalized spacial score (nSPS) is 20.1. The Kier molecular flexibility index (Phi) is 23.3. The average molecular weight is 989 g/mol. The molecule has 1 aromatic heterocycles. The molecule has 1 aliphatic heterocycles. The number of nitrogens with two attached hydrogens (primary N) is 3. The number of unbranched alkanes of at least 4 members (excludes halogenated alkanes) is 1. The Morgan fingerprint density at radius 1 is 0.812 bits per heavy atom. The number of carbonyl (C=O) groups is 10. The van der Waals surface area contributed by atoms with Gasteiger partial charge >= 0.3 is 11.9 Å². The second-order valence-corrected chi connectivity index (χ2v) is 18.1. The maximum Gasteiger partial charge on any atom is 0.326 e. The zero-order chi connectivity index (χ0) is 51.4. The van der Waals surface area contributed by atoms with Gasteiger partial charge in [0.1, 0.15) is 36.3 Å². The summed E-state index contributed by atoms with van der Waals surface area (Å²) >= 11 is 1.40. The van der Waals surface area contributed by atoms with E-state index in [2.05, 4.69) is 47.5 Å². The van der Waals surface area contributed by atoms with Gasteiger partial charge in [-0.1, -0.05) is 32.0 Å². The molecule has 8 amide bonds. The molecule has 69 heavy (non-hydrogen) atoms. The van der Waals surface area contributed by atoms with Crippen molar-refractivity contribution in [3.63, 3.8) is 0 Å². The highest BCUT2D eigenvalue weighted by Gasteiger charge is 2.36. The van der Waals surface area contributed by atoms with Gasteiger partial charge in [-0.15, -0.1) is 0 Å². The molecule has 0 saturated heterocycles. The molecule has 1 aliphatic rings. The molecular weight excluding hydrogens is 921 g/mol. The minimum Gasteiger partial charge on any atom is -0.481 e. The van der Waals surface area contributed by atoms with Crippen LogP contribution in [0.2, 0.25) is 0 Å². The summed E-state index contributed by atoms with van der Waals surface area (Å²) in [6.07, 6.45) is 3.80. The number of aromatic nitrogens is 1. The first kappa shape index (κ1) is 57.0. The Labute approximate surface area is 403 Å². The molecule has 17 N–H and O–H groups in total. The van der Waals surface area contributed by atoms with E-state index in [9.17, 15) is 58.2 Å². The average Bonchev–Trinajstić information content (AvgIpc) is 3.71. The number of rotatable bonds is 22. The molecule has 1 aromatic carbocycles. The highest BCUT2D eigenvalue weighted by atomic mass is 32.2. The Hall–Kier alpha value is -6.31. The molecule has 25 heteroatoms. The van der Waals surface area contributed by atoms with Gasteiger partial charge in [0.25, 0.3) is 0 Å². The molecule has 2 aromatic rings. The zero-order valence-corrected chi connectivity index (χ0v) is 40.1. The number of nitrogens with one attached hydrogen (secondary N) is 9. The lowest BCUT2D eigenvalue weighted by molar-refractivity contribution is -0.142. The van der Waals surface area contributed by atoms with Crippen molar-refractivity contribution in [1.29, 1.82) is 0 Å². The molecule has 0 aliphatic carbocycles. The van der Waals surface area contributed by atoms with Crippen LogP contribution in [0.5, 0.6) is 0 Å². The van der Waals surface area contributed by atoms with Crippen molar-refractivity contribution in [3.8, 4) is 0 Å². The molecule has 8 atom stereocenters. The number of carboxylic acid groups (broad SMARTS) is 2. The molecule has 0 unspecified atom stereocenters. The number of para-hydroxylation sites is 1. The minimum atomic E-state index is -1.73. The van der Waals surface area contributed by atoms with Crippen molar-refractivity contribution in [1.82, 2.24) is 47.5 Å². The summed E-state index contributed by atoms with van der Waals surface area (Å²) < 4.78 is 0. The fraction of sp³-hybridized carbons (Fsp3) is 0.591. The van der Waals surface area contributed by atoms with Crippen LogP contribution in [0, 0.1) is 5.92 Å². The lowest BCUT2D eigenvalue weighted by Crippen LogP contribution is -2.59. The summed E-state index contributed by atoms with van der Waals surface area (Å²) in [4.78, 5) is 136. The SMILES string of the molecule is CSCC[C@H](NC(=O)[C@@H](NC(=O)[C@H](CCCCN)NC(=O)[C@@H]1Cc2c[nH]c3c(cccc23)[C@@H](CCCN)[C@H](NC(=O)[C@H](C)N)C(=O)NCC(=O)N[C@@H](CC(=O)O)C(=O)NCC(=O)N1)C(C)C)C(=O)O. The molecule has 382 valence electrons. The standard InChI is InChI=1S/C44H68N12O12S/c1-22(2)35(43(66)54-29(44(67)68)13-16-69-4)55-40(63)28(12-5-6-14-45)53-41(64)30-17-24-19-48-36-25(24)9-7-10-26(36)27(11-8-15-46)37(56-38(61)23(3)47)42(65)50-21-33(58)52-31(18-34(59)60)39(62)49-20-32(57)51-30/h7,9-10,19,22-23,27-31,35,37,48H,5-6,8,11-18,20-21,45-47H2,1-4H3,(H,49,62)(H,50,65)(H,51,57)(H,52,58)(H,53,64)(H,54,66)(H,55,63)(H,56,61)(H,59,60)(H,67,68)/t23-,27+,28-,29-,30-,31-,35-,37-/m0/s1. The number of thioether (sulfide) groups is 1. The van der Waals surface area contributed by atoms with Crippen molar-refractivity contribution in [3.05, 3.63) is 35.5 Å². The summed E-state index contributed by atoms with van der Waals surface area (Å²) in [7, 11) is 0. The number of H-pyrrole nitrogens is 1. The number of benzene rings is 1. The molecule has 0 fully saturated rings. The summed E-state index contributed by atoms with van der Waals surface area (Å²) in [6, 6.07) is -4.19. The first-order chi connectivity index (χ1) is 32.7. The van der Waals surface area contributed by atoms with Crippen LogP contribution in [0.1, 0.15) is 82.8 Å². The summed E-state index contributed by atoms with van der Waals surface area (Å²) in [5.74, 6) is -10.5. The van der Waals surface area contributed by atoms with Crippen LogP contribution in [-0.4, -0.2) is 155 Å². The Balaban J connectivity index is 2.14. The Morgan fingerprint density at radius 3 is 2.09 bits per heavy atom. The second kappa shape index (κ2) is 28.2. The predicted octanol–water partition coefficient (Wildman–Crippen LogP) is -2.87. The number of amides is 8. The van der Waals surface area contributed by atoms with E-state index in [0.717, 1.165) is 0 Å². The number of hydrogen-bond donors (Lipinski definition) is 14. The lowest BCUT2D eigenvalue weighted by Gasteiger charge is -2.29. The molecule has 24 nitrogen and oxygen atoms in total. The van der Waals surface area contributed by atoms with Gasteiger partial charge < -0.3 is 74.9 Å². The third-order valence-electron chi connectivity index (χ3n) is 11.4. The number of aliphatic carboxylic acids is 2. The van der Waals surface area contributed by atoms with Crippen LogP contribution in [0.3, 0.4) is 0 Å². The number of hydrogen-bond acceptors (Lipinski definition) is 14. The topological polar surface area (TPSA) is 401 Å². The molecule has 4 bridgehead atoms. The smallest absolute Gasteiger partial charge is 0.326 e. The van der Waals surface area contributed by atoms with Crippen molar-refractivity contribution in [2.45, 2.75) is 120 Å². The third-order valence-corrected chi connectivity index (χ3v) is 12.0. The second-order valence-electron chi connectivity index (χ2n) is 17.1. The van der Waals surface area contributed by atoms with Crippen LogP contribution in [0.4, 0.5) is 0 Å². The number of carboxylic acids is 2. The monoisotopic (exact) mass is 988 g/mol. The van der Waals surface area contributed by atoms with Crippen molar-refractivity contribution in [2.75, 3.05) is 38.2 Å². The highest BCUT2D eigenvalue weighted by molar-refractivity contribution is 7.98. The van der Waals surface area contributed by atoms with Crippen LogP contribution in [-0.2, 0) is 54.4 Å². The van der Waals surface area contributed by atoms with E-state index in [1.165, 1.54) is 18.7 Å². The fourth-order valence-corrected chi connectivity index (χ4v) is 8.11. The van der Waals surface area contributed by atoms with E-state index in [0.29, 0.717) is 47.0 Å². The van der Waals surface area contributed by atoms with Crippen molar-refractivity contribution < 1.29 is 58.2 Å². The summed E-state index contributed by atoms with van der Waals surface area (Å²) in [5, 5.41) is 39.9. The molecular formula is C44H68N12O12S. The van der Waals surface area contributed by atoms with E-state index in [1.54, 1.807) is 44.5 Å². The maximum atomic E-state index is 14.5. The van der Waals surface area contributed by atoms with Gasteiger partial charge in [-0.05, 0) is 87.6 Å². The fourth-order valence-electron chi connectivity index (χ4n) is 7.64. The van der Waals surface area contributed by atoms with Gasteiger partial charge in [0.2, 0.25) is 47.3 Å². The molecule has 0 radical (unpaired) electrons. The third kappa shape index (κ3) is 17.6. The van der Waals surface area contributed by atoms with Gasteiger partial charge in [-0.3, -0.25) is 43.2 Å². The van der Waals surface area contributed by atoms with Gasteiger partial charge in [-0.25, -0.2) is 4.79 Å². The molecule has 0 spiro atoms. The van der Waals surface area contributed by atoms with E-state index in [4.69, 9.17) is 17.2 Å². The van der Waals surface area contributed by atoms with E-state index in [-0.39, 0.29) is 38.8 Å². The van der Waals surface area contributed by atoms with Gasteiger partial charge in [0.15, 0.2) is 0 Å². The predicted molar refractivity (Wildman–Crippen MR) is 255 cm³/mol. The Morgan fingerprint density at radius 2 is 1.48 bits per heavy atom. The van der Waals surface area contributed by atoms with E-state index < -0.39 is 133 Å². The Bertz CT molecular complexity index is 2150. The first-order valence-electron chi connectivity index (χ1n) is 22.8. The first-order valence-corrected chi connectivity index (χ1v) is 24.2. The van der Waals surface area contributed by atoms with Crippen LogP contribution >= 0.6 is 11.8 Å². The summed E-state index contributed by atoms with van der Waals surface area (Å²) in [6.45, 7) is 3.63. The quantitative estimate of drug-likeness (QED) is 0.0528.